The van der Waals surface area contributed by atoms with Crippen molar-refractivity contribution in [3.05, 3.63) is 65.7 Å². The van der Waals surface area contributed by atoms with Crippen LogP contribution < -0.4 is 4.74 Å². The molecule has 0 aliphatic heterocycles. The monoisotopic (exact) mass is 481 g/mol. The molecule has 3 rings (SSSR count). The fourth-order valence-electron chi connectivity index (χ4n) is 3.91. The van der Waals surface area contributed by atoms with Crippen molar-refractivity contribution >= 4 is 0 Å². The van der Waals surface area contributed by atoms with Gasteiger partial charge in [-0.3, -0.25) is 4.90 Å². The van der Waals surface area contributed by atoms with E-state index in [0.29, 0.717) is 51.3 Å². The number of rotatable bonds is 14. The predicted molar refractivity (Wildman–Crippen MR) is 139 cm³/mol. The van der Waals surface area contributed by atoms with Gasteiger partial charge < -0.3 is 19.3 Å². The molecule has 0 saturated carbocycles. The summed E-state index contributed by atoms with van der Waals surface area (Å²) in [5.74, 6) is 1.87. The third-order valence-corrected chi connectivity index (χ3v) is 5.56. The minimum Gasteiger partial charge on any atom is -0.439 e. The Kier molecular flexibility index (Phi) is 10.3. The number of methoxy groups -OCH3 is 1. The second kappa shape index (κ2) is 13.4. The van der Waals surface area contributed by atoms with Crippen molar-refractivity contribution in [2.24, 2.45) is 13.0 Å². The zero-order valence-electron chi connectivity index (χ0n) is 21.6. The number of ether oxygens (including phenoxy) is 3. The molecule has 0 spiro atoms. The van der Waals surface area contributed by atoms with E-state index in [0.717, 1.165) is 28.1 Å². The fraction of sp³-hybridized carbons (Fsp3) is 0.464. The molecule has 1 aromatic heterocycles. The molecular formula is C28H39N3O4. The van der Waals surface area contributed by atoms with E-state index < -0.39 is 6.10 Å². The van der Waals surface area contributed by atoms with Crippen LogP contribution in [0.15, 0.2) is 54.6 Å². The van der Waals surface area contributed by atoms with Crippen molar-refractivity contribution in [3.8, 4) is 22.9 Å². The maximum atomic E-state index is 10.7. The van der Waals surface area contributed by atoms with Gasteiger partial charge in [0.25, 0.3) is 0 Å². The topological polar surface area (TPSA) is 69.0 Å². The number of aryl methyl sites for hydroxylation is 2. The Balaban J connectivity index is 1.90. The Labute approximate surface area is 209 Å². The molecule has 1 atom stereocenters. The summed E-state index contributed by atoms with van der Waals surface area (Å²) in [6.07, 6.45) is -0.608. The number of hydrogen-bond donors (Lipinski definition) is 1. The van der Waals surface area contributed by atoms with Crippen LogP contribution in [0.25, 0.3) is 11.3 Å². The summed E-state index contributed by atoms with van der Waals surface area (Å²) in [6.45, 7) is 9.37. The third kappa shape index (κ3) is 8.18. The van der Waals surface area contributed by atoms with Gasteiger partial charge in [-0.15, -0.1) is 0 Å². The molecule has 0 saturated heterocycles. The molecule has 190 valence electrons. The zero-order valence-corrected chi connectivity index (χ0v) is 21.6. The average Bonchev–Trinajstić information content (AvgIpc) is 3.12. The highest BCUT2D eigenvalue weighted by atomic mass is 16.5. The lowest BCUT2D eigenvalue weighted by atomic mass is 10.1. The summed E-state index contributed by atoms with van der Waals surface area (Å²) in [6, 6.07) is 18.1. The van der Waals surface area contributed by atoms with Crippen molar-refractivity contribution in [2.75, 3.05) is 40.0 Å². The Morgan fingerprint density at radius 2 is 1.83 bits per heavy atom. The zero-order chi connectivity index (χ0) is 25.2. The smallest absolute Gasteiger partial charge is 0.222 e. The number of benzene rings is 2. The van der Waals surface area contributed by atoms with Crippen molar-refractivity contribution in [1.82, 2.24) is 14.7 Å². The van der Waals surface area contributed by atoms with E-state index >= 15 is 0 Å². The highest BCUT2D eigenvalue weighted by molar-refractivity contribution is 5.65. The van der Waals surface area contributed by atoms with Gasteiger partial charge in [-0.1, -0.05) is 56.3 Å². The Morgan fingerprint density at radius 3 is 2.51 bits per heavy atom. The summed E-state index contributed by atoms with van der Waals surface area (Å²) in [4.78, 5) is 2.17. The maximum Gasteiger partial charge on any atom is 0.222 e. The maximum absolute atomic E-state index is 10.7. The van der Waals surface area contributed by atoms with Crippen molar-refractivity contribution in [1.29, 1.82) is 0 Å². The van der Waals surface area contributed by atoms with E-state index in [9.17, 15) is 5.11 Å². The molecule has 0 unspecified atom stereocenters. The van der Waals surface area contributed by atoms with Gasteiger partial charge in [0.2, 0.25) is 5.88 Å². The van der Waals surface area contributed by atoms with Crippen LogP contribution in [0.3, 0.4) is 0 Å². The van der Waals surface area contributed by atoms with Gasteiger partial charge in [-0.05, 0) is 30.5 Å². The number of hydrogen-bond acceptors (Lipinski definition) is 6. The average molecular weight is 482 g/mol. The molecule has 3 aromatic rings. The van der Waals surface area contributed by atoms with E-state index in [1.54, 1.807) is 11.8 Å². The molecule has 0 aliphatic rings. The van der Waals surface area contributed by atoms with Gasteiger partial charge in [0.05, 0.1) is 24.9 Å². The second-order valence-corrected chi connectivity index (χ2v) is 9.35. The summed E-state index contributed by atoms with van der Waals surface area (Å²) in [5.41, 5.74) is 3.97. The van der Waals surface area contributed by atoms with Crippen LogP contribution in [0.1, 0.15) is 25.0 Å². The van der Waals surface area contributed by atoms with Crippen molar-refractivity contribution in [2.45, 2.75) is 33.4 Å². The molecule has 7 nitrogen and oxygen atoms in total. The lowest BCUT2D eigenvalue weighted by molar-refractivity contribution is 0.00329. The van der Waals surface area contributed by atoms with Crippen LogP contribution in [0.4, 0.5) is 0 Å². The Morgan fingerprint density at radius 1 is 1.06 bits per heavy atom. The lowest BCUT2D eigenvalue weighted by Gasteiger charge is -2.25. The van der Waals surface area contributed by atoms with Crippen LogP contribution in [-0.2, 0) is 23.1 Å². The number of aliphatic hydroxyl groups excluding tert-OH is 1. The highest BCUT2D eigenvalue weighted by Gasteiger charge is 2.23. The van der Waals surface area contributed by atoms with Crippen molar-refractivity contribution in [3.63, 3.8) is 0 Å². The quantitative estimate of drug-likeness (QED) is 0.361. The van der Waals surface area contributed by atoms with Crippen molar-refractivity contribution < 1.29 is 19.3 Å². The van der Waals surface area contributed by atoms with E-state index in [2.05, 4.69) is 30.9 Å². The second-order valence-electron chi connectivity index (χ2n) is 9.35. The van der Waals surface area contributed by atoms with Gasteiger partial charge >= 0.3 is 0 Å². The predicted octanol–water partition coefficient (Wildman–Crippen LogP) is 4.67. The first-order valence-electron chi connectivity index (χ1n) is 12.2. The van der Waals surface area contributed by atoms with Gasteiger partial charge in [-0.25, -0.2) is 4.68 Å². The fourth-order valence-corrected chi connectivity index (χ4v) is 3.91. The molecule has 1 N–H and O–H groups in total. The summed E-state index contributed by atoms with van der Waals surface area (Å²) in [5, 5.41) is 15.5. The van der Waals surface area contributed by atoms with E-state index in [-0.39, 0.29) is 0 Å². The molecule has 35 heavy (non-hydrogen) atoms. The van der Waals surface area contributed by atoms with E-state index in [1.807, 2.05) is 56.4 Å². The van der Waals surface area contributed by atoms with Gasteiger partial charge in [0, 0.05) is 46.0 Å². The third-order valence-electron chi connectivity index (χ3n) is 5.56. The SMILES string of the molecule is COCCN(Cc1c(-c2ccccc2)nn(C)c1Oc1cccc(C)c1)C[C@@H](O)COCC(C)C. The Bertz CT molecular complexity index is 1040. The normalized spacial score (nSPS) is 12.5. The Hall–Kier alpha value is -2.71. The van der Waals surface area contributed by atoms with Gasteiger partial charge in [0.1, 0.15) is 11.4 Å². The first-order chi connectivity index (χ1) is 16.9. The summed E-state index contributed by atoms with van der Waals surface area (Å²) < 4.78 is 19.2. The molecule has 1 heterocycles. The molecule has 0 amide bonds. The van der Waals surface area contributed by atoms with E-state index in [4.69, 9.17) is 19.3 Å². The van der Waals surface area contributed by atoms with Gasteiger partial charge in [0.15, 0.2) is 0 Å². The minimum absolute atomic E-state index is 0.299. The molecule has 0 radical (unpaired) electrons. The first kappa shape index (κ1) is 26.9. The number of aliphatic hydroxyl groups is 1. The molecule has 0 bridgehead atoms. The number of aromatic nitrogens is 2. The highest BCUT2D eigenvalue weighted by Crippen LogP contribution is 2.34. The molecule has 0 fully saturated rings. The lowest BCUT2D eigenvalue weighted by Crippen LogP contribution is -2.37. The minimum atomic E-state index is -0.608. The standard InChI is InChI=1S/C28H39N3O4/c1-21(2)19-34-20-24(32)17-31(14-15-33-5)18-26-27(23-11-7-6-8-12-23)29-30(4)28(26)35-25-13-9-10-22(3)16-25/h6-13,16,21,24,32H,14-15,17-20H2,1-5H3/t24-/m1/s1. The summed E-state index contributed by atoms with van der Waals surface area (Å²) >= 11 is 0. The number of nitrogens with zero attached hydrogens (tertiary/aromatic N) is 3. The van der Waals surface area contributed by atoms with Crippen LogP contribution in [0.5, 0.6) is 11.6 Å². The van der Waals surface area contributed by atoms with Crippen LogP contribution in [0, 0.1) is 12.8 Å². The van der Waals surface area contributed by atoms with Crippen LogP contribution in [0.2, 0.25) is 0 Å². The molecule has 2 aromatic carbocycles. The van der Waals surface area contributed by atoms with E-state index in [1.165, 1.54) is 0 Å². The van der Waals surface area contributed by atoms with Crippen LogP contribution in [-0.4, -0.2) is 65.9 Å². The van der Waals surface area contributed by atoms with Gasteiger partial charge in [-0.2, -0.15) is 5.10 Å². The molecule has 7 heteroatoms. The largest absolute Gasteiger partial charge is 0.439 e. The first-order valence-corrected chi connectivity index (χ1v) is 12.2. The molecule has 0 aliphatic carbocycles. The van der Waals surface area contributed by atoms with Crippen LogP contribution >= 0.6 is 0 Å². The molecular weight excluding hydrogens is 442 g/mol. The summed E-state index contributed by atoms with van der Waals surface area (Å²) in [7, 11) is 3.58.